The van der Waals surface area contributed by atoms with Crippen LogP contribution >= 0.6 is 0 Å². The van der Waals surface area contributed by atoms with E-state index in [2.05, 4.69) is 5.32 Å². The van der Waals surface area contributed by atoms with Gasteiger partial charge in [-0.05, 0) is 36.8 Å². The molecule has 0 atom stereocenters. The van der Waals surface area contributed by atoms with Crippen molar-refractivity contribution in [3.05, 3.63) is 65.4 Å². The first-order valence-electron chi connectivity index (χ1n) is 7.55. The number of rotatable bonds is 4. The zero-order valence-corrected chi connectivity index (χ0v) is 13.6. The molecule has 3 rings (SSSR count). The topological polar surface area (TPSA) is 43.3 Å². The number of fused-ring (bicyclic) bond motifs is 1. The molecule has 1 amide bonds. The van der Waals surface area contributed by atoms with E-state index in [9.17, 15) is 4.79 Å². The number of aromatic nitrogens is 1. The van der Waals surface area contributed by atoms with Crippen LogP contribution in [-0.2, 0) is 13.6 Å². The van der Waals surface area contributed by atoms with E-state index in [0.29, 0.717) is 12.2 Å². The third kappa shape index (κ3) is 3.06. The predicted octanol–water partition coefficient (Wildman–Crippen LogP) is 3.43. The van der Waals surface area contributed by atoms with Crippen LogP contribution in [0.1, 0.15) is 21.6 Å². The third-order valence-electron chi connectivity index (χ3n) is 4.06. The smallest absolute Gasteiger partial charge is 0.268 e. The van der Waals surface area contributed by atoms with Gasteiger partial charge < -0.3 is 14.6 Å². The van der Waals surface area contributed by atoms with Gasteiger partial charge in [-0.25, -0.2) is 0 Å². The van der Waals surface area contributed by atoms with E-state index >= 15 is 0 Å². The number of carbonyl (C=O) groups excluding carboxylic acids is 1. The van der Waals surface area contributed by atoms with Crippen LogP contribution in [0.25, 0.3) is 10.9 Å². The lowest BCUT2D eigenvalue weighted by atomic mass is 10.1. The average Bonchev–Trinajstić information content (AvgIpc) is 2.90. The van der Waals surface area contributed by atoms with Crippen molar-refractivity contribution in [2.24, 2.45) is 7.05 Å². The van der Waals surface area contributed by atoms with Crippen LogP contribution in [0.3, 0.4) is 0 Å². The number of hydrogen-bond acceptors (Lipinski definition) is 2. The van der Waals surface area contributed by atoms with E-state index in [-0.39, 0.29) is 5.91 Å². The van der Waals surface area contributed by atoms with Gasteiger partial charge in [0.15, 0.2) is 0 Å². The number of nitrogens with zero attached hydrogens (tertiary/aromatic N) is 1. The van der Waals surface area contributed by atoms with Crippen molar-refractivity contribution in [3.8, 4) is 5.75 Å². The quantitative estimate of drug-likeness (QED) is 0.802. The summed E-state index contributed by atoms with van der Waals surface area (Å²) in [5.74, 6) is 0.706. The van der Waals surface area contributed by atoms with Crippen LogP contribution in [0.5, 0.6) is 5.75 Å². The fraction of sp³-hybridized carbons (Fsp3) is 0.211. The first kappa shape index (κ1) is 15.2. The Morgan fingerprint density at radius 3 is 2.57 bits per heavy atom. The summed E-state index contributed by atoms with van der Waals surface area (Å²) in [5, 5.41) is 3.97. The zero-order valence-electron chi connectivity index (χ0n) is 13.6. The molecule has 1 aromatic heterocycles. The molecule has 0 unspecified atom stereocenters. The second-order valence-electron chi connectivity index (χ2n) is 5.68. The molecule has 4 nitrogen and oxygen atoms in total. The van der Waals surface area contributed by atoms with Crippen LogP contribution in [0.2, 0.25) is 0 Å². The first-order valence-corrected chi connectivity index (χ1v) is 7.55. The lowest BCUT2D eigenvalue weighted by Gasteiger charge is -2.07. The molecule has 0 aliphatic carbocycles. The second kappa shape index (κ2) is 6.16. The van der Waals surface area contributed by atoms with Crippen LogP contribution in [0, 0.1) is 6.92 Å². The summed E-state index contributed by atoms with van der Waals surface area (Å²) in [7, 11) is 3.54. The predicted molar refractivity (Wildman–Crippen MR) is 91.8 cm³/mol. The maximum Gasteiger partial charge on any atom is 0.268 e. The summed E-state index contributed by atoms with van der Waals surface area (Å²) >= 11 is 0. The summed E-state index contributed by atoms with van der Waals surface area (Å²) in [4.78, 5) is 12.5. The van der Waals surface area contributed by atoms with Gasteiger partial charge >= 0.3 is 0 Å². The van der Waals surface area contributed by atoms with Crippen molar-refractivity contribution in [1.29, 1.82) is 0 Å². The lowest BCUT2D eigenvalue weighted by Crippen LogP contribution is -2.24. The molecule has 0 radical (unpaired) electrons. The zero-order chi connectivity index (χ0) is 16.4. The minimum atomic E-state index is -0.0803. The highest BCUT2D eigenvalue weighted by Gasteiger charge is 2.13. The largest absolute Gasteiger partial charge is 0.497 e. The Balaban J connectivity index is 1.80. The Kier molecular flexibility index (Phi) is 4.06. The molecular weight excluding hydrogens is 288 g/mol. The molecule has 3 aromatic rings. The van der Waals surface area contributed by atoms with Gasteiger partial charge in [0.2, 0.25) is 0 Å². The Labute approximate surface area is 135 Å². The summed E-state index contributed by atoms with van der Waals surface area (Å²) in [6.07, 6.45) is 0. The van der Waals surface area contributed by atoms with Crippen LogP contribution in [-0.4, -0.2) is 17.6 Å². The van der Waals surface area contributed by atoms with E-state index in [1.54, 1.807) is 7.11 Å². The van der Waals surface area contributed by atoms with Gasteiger partial charge in [-0.2, -0.15) is 0 Å². The normalized spacial score (nSPS) is 10.7. The number of ether oxygens (including phenoxy) is 1. The molecule has 23 heavy (non-hydrogen) atoms. The molecule has 1 N–H and O–H groups in total. The molecule has 0 fully saturated rings. The Morgan fingerprint density at radius 1 is 1.13 bits per heavy atom. The van der Waals surface area contributed by atoms with E-state index in [1.165, 1.54) is 5.56 Å². The van der Waals surface area contributed by atoms with E-state index in [0.717, 1.165) is 22.2 Å². The molecule has 2 aromatic carbocycles. The Morgan fingerprint density at radius 2 is 1.87 bits per heavy atom. The fourth-order valence-corrected chi connectivity index (χ4v) is 2.65. The molecule has 1 heterocycles. The van der Waals surface area contributed by atoms with Crippen molar-refractivity contribution in [3.63, 3.8) is 0 Å². The average molecular weight is 308 g/mol. The highest BCUT2D eigenvalue weighted by Crippen LogP contribution is 2.23. The number of benzene rings is 2. The Hall–Kier alpha value is -2.75. The maximum atomic E-state index is 12.5. The van der Waals surface area contributed by atoms with Crippen molar-refractivity contribution in [1.82, 2.24) is 9.88 Å². The SMILES string of the molecule is COc1ccc2c(c1)cc(C(=O)NCc1ccc(C)cc1)n2C. The molecule has 0 saturated carbocycles. The minimum Gasteiger partial charge on any atom is -0.497 e. The second-order valence-corrected chi connectivity index (χ2v) is 5.68. The third-order valence-corrected chi connectivity index (χ3v) is 4.06. The monoisotopic (exact) mass is 308 g/mol. The summed E-state index contributed by atoms with van der Waals surface area (Å²) in [6.45, 7) is 2.57. The van der Waals surface area contributed by atoms with Gasteiger partial charge in [0.25, 0.3) is 5.91 Å². The highest BCUT2D eigenvalue weighted by molar-refractivity contribution is 5.99. The molecule has 4 heteroatoms. The van der Waals surface area contributed by atoms with Crippen molar-refractivity contribution in [2.75, 3.05) is 7.11 Å². The minimum absolute atomic E-state index is 0.0803. The van der Waals surface area contributed by atoms with Gasteiger partial charge in [0.05, 0.1) is 7.11 Å². The van der Waals surface area contributed by atoms with Crippen molar-refractivity contribution >= 4 is 16.8 Å². The molecule has 0 spiro atoms. The maximum absolute atomic E-state index is 12.5. The number of nitrogens with one attached hydrogen (secondary N) is 1. The van der Waals surface area contributed by atoms with Gasteiger partial charge in [-0.3, -0.25) is 4.79 Å². The first-order chi connectivity index (χ1) is 11.1. The van der Waals surface area contributed by atoms with Gasteiger partial charge in [0.1, 0.15) is 11.4 Å². The van der Waals surface area contributed by atoms with Gasteiger partial charge in [0, 0.05) is 24.5 Å². The van der Waals surface area contributed by atoms with E-state index in [1.807, 2.05) is 67.1 Å². The van der Waals surface area contributed by atoms with Gasteiger partial charge in [-0.1, -0.05) is 29.8 Å². The van der Waals surface area contributed by atoms with Crippen LogP contribution < -0.4 is 10.1 Å². The number of hydrogen-bond donors (Lipinski definition) is 1. The van der Waals surface area contributed by atoms with E-state index in [4.69, 9.17) is 4.74 Å². The fourth-order valence-electron chi connectivity index (χ4n) is 2.65. The Bertz CT molecular complexity index is 848. The van der Waals surface area contributed by atoms with Gasteiger partial charge in [-0.15, -0.1) is 0 Å². The highest BCUT2D eigenvalue weighted by atomic mass is 16.5. The number of carbonyl (C=O) groups is 1. The van der Waals surface area contributed by atoms with Crippen LogP contribution in [0.15, 0.2) is 48.5 Å². The van der Waals surface area contributed by atoms with Crippen LogP contribution in [0.4, 0.5) is 0 Å². The molecule has 0 aliphatic rings. The number of amides is 1. The molecule has 0 bridgehead atoms. The molecule has 0 saturated heterocycles. The molecular formula is C19H20N2O2. The summed E-state index contributed by atoms with van der Waals surface area (Å²) in [5.41, 5.74) is 3.94. The van der Waals surface area contributed by atoms with E-state index < -0.39 is 0 Å². The summed E-state index contributed by atoms with van der Waals surface area (Å²) < 4.78 is 7.14. The van der Waals surface area contributed by atoms with Crippen molar-refractivity contribution < 1.29 is 9.53 Å². The number of aryl methyl sites for hydroxylation is 2. The van der Waals surface area contributed by atoms with Crippen molar-refractivity contribution in [2.45, 2.75) is 13.5 Å². The molecule has 0 aliphatic heterocycles. The lowest BCUT2D eigenvalue weighted by molar-refractivity contribution is 0.0943. The number of methoxy groups -OCH3 is 1. The standard InChI is InChI=1S/C19H20N2O2/c1-13-4-6-14(7-5-13)12-20-19(22)18-11-15-10-16(23-3)8-9-17(15)21(18)2/h4-11H,12H2,1-3H3,(H,20,22). The molecule has 118 valence electrons. The summed E-state index contributed by atoms with van der Waals surface area (Å²) in [6, 6.07) is 15.8.